The predicted molar refractivity (Wildman–Crippen MR) is 73.4 cm³/mol. The number of guanidine groups is 1. The molecule has 1 aliphatic heterocycles. The number of benzene rings is 1. The molecule has 1 aromatic carbocycles. The van der Waals surface area contributed by atoms with E-state index in [1.807, 2.05) is 12.1 Å². The van der Waals surface area contributed by atoms with Crippen molar-refractivity contribution in [1.82, 2.24) is 4.90 Å². The Balaban J connectivity index is 1.96. The molecule has 0 atom stereocenters. The summed E-state index contributed by atoms with van der Waals surface area (Å²) >= 11 is 0. The summed E-state index contributed by atoms with van der Waals surface area (Å²) in [4.78, 5) is 10.0. The Morgan fingerprint density at radius 2 is 1.94 bits per heavy atom. The highest BCUT2D eigenvalue weighted by Gasteiger charge is 2.10. The van der Waals surface area contributed by atoms with Crippen LogP contribution in [0.5, 0.6) is 0 Å². The smallest absolute Gasteiger partial charge is 0.219 e. The third-order valence-electron chi connectivity index (χ3n) is 2.85. The molecule has 2 rings (SSSR count). The summed E-state index contributed by atoms with van der Waals surface area (Å²) in [7, 11) is 0. The molecule has 1 aromatic rings. The fourth-order valence-corrected chi connectivity index (χ4v) is 1.86. The van der Waals surface area contributed by atoms with Gasteiger partial charge in [-0.05, 0) is 24.4 Å². The molecule has 96 valence electrons. The molecular weight excluding hydrogens is 228 g/mol. The van der Waals surface area contributed by atoms with Gasteiger partial charge in [0.15, 0.2) is 0 Å². The molecule has 0 unspecified atom stereocenters. The molecule has 2 N–H and O–H groups in total. The van der Waals surface area contributed by atoms with E-state index in [-0.39, 0.29) is 5.96 Å². The van der Waals surface area contributed by atoms with Crippen molar-refractivity contribution >= 4 is 18.4 Å². The number of aliphatic imine (C=N–C) groups is 2. The van der Waals surface area contributed by atoms with Crippen LogP contribution in [0.2, 0.25) is 0 Å². The lowest BCUT2D eigenvalue weighted by molar-refractivity contribution is 0.0342. The van der Waals surface area contributed by atoms with Gasteiger partial charge in [-0.15, -0.1) is 0 Å². The Labute approximate surface area is 107 Å². The fourth-order valence-electron chi connectivity index (χ4n) is 1.86. The lowest BCUT2D eigenvalue weighted by Crippen LogP contribution is -2.35. The number of nitrogens with two attached hydrogens (primary N) is 1. The highest BCUT2D eigenvalue weighted by Crippen LogP contribution is 2.15. The van der Waals surface area contributed by atoms with Crippen LogP contribution in [0.4, 0.5) is 5.69 Å². The van der Waals surface area contributed by atoms with Crippen molar-refractivity contribution in [3.05, 3.63) is 29.8 Å². The first-order valence-electron chi connectivity index (χ1n) is 5.98. The zero-order valence-electron chi connectivity index (χ0n) is 10.4. The Morgan fingerprint density at radius 3 is 2.56 bits per heavy atom. The maximum Gasteiger partial charge on any atom is 0.219 e. The molecule has 1 saturated heterocycles. The van der Waals surface area contributed by atoms with Crippen molar-refractivity contribution in [3.8, 4) is 0 Å². The van der Waals surface area contributed by atoms with Crippen molar-refractivity contribution < 1.29 is 4.74 Å². The van der Waals surface area contributed by atoms with Crippen LogP contribution in [0.3, 0.4) is 0 Å². The standard InChI is InChI=1S/C13H18N4O/c1-15-13(14)16-12-4-2-11(3-5-12)10-17-6-8-18-9-7-17/h2-5H,1,6-10H2,(H2,14,16). The van der Waals surface area contributed by atoms with Gasteiger partial charge in [-0.2, -0.15) is 0 Å². The molecule has 0 radical (unpaired) electrons. The minimum absolute atomic E-state index is 0.191. The van der Waals surface area contributed by atoms with E-state index in [9.17, 15) is 0 Å². The van der Waals surface area contributed by atoms with Crippen molar-refractivity contribution in [2.24, 2.45) is 15.7 Å². The van der Waals surface area contributed by atoms with Gasteiger partial charge in [0.05, 0.1) is 18.9 Å². The van der Waals surface area contributed by atoms with E-state index in [2.05, 4.69) is 33.7 Å². The van der Waals surface area contributed by atoms with Gasteiger partial charge in [0.25, 0.3) is 0 Å². The SMILES string of the molecule is C=NC(N)=Nc1ccc(CN2CCOCC2)cc1. The van der Waals surface area contributed by atoms with E-state index in [4.69, 9.17) is 10.5 Å². The van der Waals surface area contributed by atoms with Gasteiger partial charge in [0, 0.05) is 19.6 Å². The summed E-state index contributed by atoms with van der Waals surface area (Å²) in [6.45, 7) is 7.91. The van der Waals surface area contributed by atoms with Crippen LogP contribution in [0.15, 0.2) is 34.3 Å². The van der Waals surface area contributed by atoms with E-state index in [1.54, 1.807) is 0 Å². The Bertz CT molecular complexity index is 421. The van der Waals surface area contributed by atoms with Crippen LogP contribution in [-0.4, -0.2) is 43.9 Å². The molecule has 5 nitrogen and oxygen atoms in total. The zero-order chi connectivity index (χ0) is 12.8. The van der Waals surface area contributed by atoms with Crippen molar-refractivity contribution in [2.45, 2.75) is 6.54 Å². The maximum absolute atomic E-state index is 5.49. The van der Waals surface area contributed by atoms with Gasteiger partial charge in [-0.3, -0.25) is 4.90 Å². The van der Waals surface area contributed by atoms with Gasteiger partial charge < -0.3 is 10.5 Å². The maximum atomic E-state index is 5.49. The summed E-state index contributed by atoms with van der Waals surface area (Å²) in [6, 6.07) is 8.00. The number of nitrogens with zero attached hydrogens (tertiary/aromatic N) is 3. The summed E-state index contributed by atoms with van der Waals surface area (Å²) in [5.41, 5.74) is 7.55. The minimum atomic E-state index is 0.191. The molecule has 0 amide bonds. The second kappa shape index (κ2) is 6.28. The van der Waals surface area contributed by atoms with E-state index < -0.39 is 0 Å². The fraction of sp³-hybridized carbons (Fsp3) is 0.385. The largest absolute Gasteiger partial charge is 0.379 e. The topological polar surface area (TPSA) is 63.2 Å². The van der Waals surface area contributed by atoms with Crippen LogP contribution in [0, 0.1) is 0 Å². The molecule has 1 fully saturated rings. The molecule has 0 aliphatic carbocycles. The summed E-state index contributed by atoms with van der Waals surface area (Å²) in [5.74, 6) is 0.191. The third kappa shape index (κ3) is 3.65. The molecule has 5 heteroatoms. The van der Waals surface area contributed by atoms with Gasteiger partial charge in [0.2, 0.25) is 5.96 Å². The first-order chi connectivity index (χ1) is 8.78. The first-order valence-corrected chi connectivity index (χ1v) is 5.98. The lowest BCUT2D eigenvalue weighted by Gasteiger charge is -2.26. The quantitative estimate of drug-likeness (QED) is 0.643. The van der Waals surface area contributed by atoms with Crippen molar-refractivity contribution in [1.29, 1.82) is 0 Å². The van der Waals surface area contributed by atoms with Crippen molar-refractivity contribution in [2.75, 3.05) is 26.3 Å². The Hall–Kier alpha value is -1.72. The van der Waals surface area contributed by atoms with Gasteiger partial charge in [-0.25, -0.2) is 9.98 Å². The second-order valence-electron chi connectivity index (χ2n) is 4.18. The second-order valence-corrected chi connectivity index (χ2v) is 4.18. The summed E-state index contributed by atoms with van der Waals surface area (Å²) in [5, 5.41) is 0. The predicted octanol–water partition coefficient (Wildman–Crippen LogP) is 1.17. The monoisotopic (exact) mass is 246 g/mol. The normalized spacial score (nSPS) is 17.7. The molecule has 0 aromatic heterocycles. The Morgan fingerprint density at radius 1 is 1.28 bits per heavy atom. The molecule has 0 saturated carbocycles. The molecule has 1 aliphatic rings. The molecular formula is C13H18N4O. The van der Waals surface area contributed by atoms with E-state index in [0.717, 1.165) is 38.5 Å². The summed E-state index contributed by atoms with van der Waals surface area (Å²) < 4.78 is 5.32. The van der Waals surface area contributed by atoms with Crippen molar-refractivity contribution in [3.63, 3.8) is 0 Å². The number of rotatable bonds is 3. The lowest BCUT2D eigenvalue weighted by atomic mass is 10.2. The molecule has 1 heterocycles. The number of ether oxygens (including phenoxy) is 1. The van der Waals surface area contributed by atoms with Crippen LogP contribution >= 0.6 is 0 Å². The average molecular weight is 246 g/mol. The third-order valence-corrected chi connectivity index (χ3v) is 2.85. The number of hydrogen-bond donors (Lipinski definition) is 1. The number of morpholine rings is 1. The van der Waals surface area contributed by atoms with E-state index >= 15 is 0 Å². The molecule has 0 bridgehead atoms. The van der Waals surface area contributed by atoms with E-state index in [1.165, 1.54) is 5.56 Å². The highest BCUT2D eigenvalue weighted by atomic mass is 16.5. The van der Waals surface area contributed by atoms with Crippen LogP contribution in [0.25, 0.3) is 0 Å². The van der Waals surface area contributed by atoms with Crippen LogP contribution in [0.1, 0.15) is 5.56 Å². The summed E-state index contributed by atoms with van der Waals surface area (Å²) in [6.07, 6.45) is 0. The van der Waals surface area contributed by atoms with Gasteiger partial charge >= 0.3 is 0 Å². The zero-order valence-corrected chi connectivity index (χ0v) is 10.4. The highest BCUT2D eigenvalue weighted by molar-refractivity contribution is 5.84. The average Bonchev–Trinajstić information content (AvgIpc) is 2.42. The Kier molecular flexibility index (Phi) is 4.44. The van der Waals surface area contributed by atoms with E-state index in [0.29, 0.717) is 0 Å². The van der Waals surface area contributed by atoms with Gasteiger partial charge in [-0.1, -0.05) is 12.1 Å². The van der Waals surface area contributed by atoms with Gasteiger partial charge in [0.1, 0.15) is 0 Å². The first kappa shape index (κ1) is 12.7. The number of hydrogen-bond acceptors (Lipinski definition) is 3. The van der Waals surface area contributed by atoms with Crippen LogP contribution < -0.4 is 5.73 Å². The minimum Gasteiger partial charge on any atom is -0.379 e. The molecule has 0 spiro atoms. The molecule has 18 heavy (non-hydrogen) atoms. The van der Waals surface area contributed by atoms with Crippen LogP contribution in [-0.2, 0) is 11.3 Å².